The Kier molecular flexibility index (Phi) is 5.56. The Morgan fingerprint density at radius 3 is 2.59 bits per heavy atom. The number of nitrogens with zero attached hydrogens (tertiary/aromatic N) is 3. The lowest BCUT2D eigenvalue weighted by molar-refractivity contribution is -0.117. The second kappa shape index (κ2) is 8.43. The van der Waals surface area contributed by atoms with Crippen molar-refractivity contribution in [3.8, 4) is 6.07 Å². The number of hydrogen-bond acceptors (Lipinski definition) is 5. The van der Waals surface area contributed by atoms with Crippen molar-refractivity contribution < 1.29 is 9.59 Å². The molecule has 6 nitrogen and oxygen atoms in total. The van der Waals surface area contributed by atoms with E-state index < -0.39 is 0 Å². The first-order valence-electron chi connectivity index (χ1n) is 9.42. The molecule has 0 spiro atoms. The number of thiophene rings is 1. The van der Waals surface area contributed by atoms with Crippen molar-refractivity contribution in [3.63, 3.8) is 0 Å². The highest BCUT2D eigenvalue weighted by molar-refractivity contribution is 7.14. The summed E-state index contributed by atoms with van der Waals surface area (Å²) < 4.78 is 0. The van der Waals surface area contributed by atoms with Crippen LogP contribution in [0.15, 0.2) is 53.9 Å². The number of hydrogen-bond donors (Lipinski definition) is 1. The molecule has 1 aromatic heterocycles. The molecule has 1 saturated heterocycles. The average Bonchev–Trinajstić information content (AvgIpc) is 3.20. The first kappa shape index (κ1) is 19.1. The molecule has 0 saturated carbocycles. The van der Waals surface area contributed by atoms with Crippen LogP contribution in [-0.4, -0.2) is 54.3 Å². The summed E-state index contributed by atoms with van der Waals surface area (Å²) >= 11 is 1.34. The predicted octanol–water partition coefficient (Wildman–Crippen LogP) is 3.17. The van der Waals surface area contributed by atoms with Gasteiger partial charge in [-0.1, -0.05) is 36.4 Å². The van der Waals surface area contributed by atoms with E-state index in [9.17, 15) is 9.59 Å². The summed E-state index contributed by atoms with van der Waals surface area (Å²) in [6.07, 6.45) is 0. The van der Waals surface area contributed by atoms with Gasteiger partial charge in [0.25, 0.3) is 5.91 Å². The third-order valence-corrected chi connectivity index (χ3v) is 5.92. The van der Waals surface area contributed by atoms with Crippen LogP contribution in [0.3, 0.4) is 0 Å². The van der Waals surface area contributed by atoms with E-state index in [-0.39, 0.29) is 18.4 Å². The van der Waals surface area contributed by atoms with Crippen molar-refractivity contribution in [3.05, 3.63) is 65.0 Å². The molecular formula is C22H20N4O2S. The second-order valence-corrected chi connectivity index (χ2v) is 7.83. The minimum atomic E-state index is -0.141. The van der Waals surface area contributed by atoms with Gasteiger partial charge in [-0.3, -0.25) is 14.5 Å². The van der Waals surface area contributed by atoms with Crippen LogP contribution in [0.4, 0.5) is 5.00 Å². The maximum absolute atomic E-state index is 13.0. The Hall–Kier alpha value is -3.21. The van der Waals surface area contributed by atoms with E-state index in [0.29, 0.717) is 36.7 Å². The van der Waals surface area contributed by atoms with Crippen LogP contribution in [0, 0.1) is 11.3 Å². The maximum atomic E-state index is 13.0. The van der Waals surface area contributed by atoms with Crippen LogP contribution in [0.1, 0.15) is 15.9 Å². The molecule has 0 radical (unpaired) electrons. The van der Waals surface area contributed by atoms with Crippen molar-refractivity contribution in [2.24, 2.45) is 0 Å². The molecule has 146 valence electrons. The van der Waals surface area contributed by atoms with Gasteiger partial charge in [0.05, 0.1) is 12.1 Å². The molecule has 2 aromatic carbocycles. The predicted molar refractivity (Wildman–Crippen MR) is 114 cm³/mol. The van der Waals surface area contributed by atoms with Gasteiger partial charge in [0.15, 0.2) is 0 Å². The number of rotatable bonds is 4. The zero-order chi connectivity index (χ0) is 20.2. The number of anilines is 1. The lowest BCUT2D eigenvalue weighted by Gasteiger charge is -2.34. The molecule has 1 N–H and O–H groups in total. The number of nitriles is 1. The summed E-state index contributed by atoms with van der Waals surface area (Å²) in [4.78, 5) is 29.2. The van der Waals surface area contributed by atoms with Gasteiger partial charge in [0.2, 0.25) is 5.91 Å². The molecule has 29 heavy (non-hydrogen) atoms. The summed E-state index contributed by atoms with van der Waals surface area (Å²) in [5.74, 6) is -0.110. The van der Waals surface area contributed by atoms with Crippen molar-refractivity contribution in [1.29, 1.82) is 5.26 Å². The van der Waals surface area contributed by atoms with Crippen molar-refractivity contribution >= 4 is 38.9 Å². The Morgan fingerprint density at radius 2 is 1.79 bits per heavy atom. The standard InChI is InChI=1S/C22H20N4O2S/c23-14-17-8-13-29-21(17)24-20(27)15-25-9-11-26(12-10-25)22(28)19-7-3-5-16-4-1-2-6-18(16)19/h1-8,13H,9-12,15H2,(H,24,27). The summed E-state index contributed by atoms with van der Waals surface area (Å²) in [5.41, 5.74) is 1.20. The van der Waals surface area contributed by atoms with Crippen LogP contribution < -0.4 is 5.32 Å². The van der Waals surface area contributed by atoms with E-state index in [1.807, 2.05) is 52.3 Å². The minimum absolute atomic E-state index is 0.0307. The van der Waals surface area contributed by atoms with Crippen LogP contribution in [0.5, 0.6) is 0 Å². The van der Waals surface area contributed by atoms with E-state index in [2.05, 4.69) is 11.4 Å². The number of amides is 2. The van der Waals surface area contributed by atoms with Crippen LogP contribution in [0.25, 0.3) is 10.8 Å². The van der Waals surface area contributed by atoms with E-state index in [1.54, 1.807) is 11.4 Å². The molecule has 1 aliphatic heterocycles. The van der Waals surface area contributed by atoms with Gasteiger partial charge in [-0.15, -0.1) is 11.3 Å². The van der Waals surface area contributed by atoms with Gasteiger partial charge in [0, 0.05) is 31.7 Å². The van der Waals surface area contributed by atoms with Crippen LogP contribution >= 0.6 is 11.3 Å². The number of fused-ring (bicyclic) bond motifs is 1. The maximum Gasteiger partial charge on any atom is 0.254 e. The number of benzene rings is 2. The molecular weight excluding hydrogens is 384 g/mol. The topological polar surface area (TPSA) is 76.4 Å². The Labute approximate surface area is 173 Å². The van der Waals surface area contributed by atoms with Gasteiger partial charge >= 0.3 is 0 Å². The summed E-state index contributed by atoms with van der Waals surface area (Å²) in [6, 6.07) is 17.5. The highest BCUT2D eigenvalue weighted by Gasteiger charge is 2.24. The number of nitrogens with one attached hydrogen (secondary N) is 1. The monoisotopic (exact) mass is 404 g/mol. The Morgan fingerprint density at radius 1 is 1.03 bits per heavy atom. The fraction of sp³-hybridized carbons (Fsp3) is 0.227. The van der Waals surface area contributed by atoms with E-state index in [0.717, 1.165) is 16.3 Å². The van der Waals surface area contributed by atoms with E-state index in [1.165, 1.54) is 11.3 Å². The Bertz CT molecular complexity index is 1090. The molecule has 0 bridgehead atoms. The van der Waals surface area contributed by atoms with Gasteiger partial charge < -0.3 is 10.2 Å². The normalized spacial score (nSPS) is 14.5. The summed E-state index contributed by atoms with van der Waals surface area (Å²) in [5, 5.41) is 16.2. The number of carbonyl (C=O) groups is 2. The Balaban J connectivity index is 1.35. The fourth-order valence-electron chi connectivity index (χ4n) is 3.55. The first-order chi connectivity index (χ1) is 14.2. The van der Waals surface area contributed by atoms with Gasteiger partial charge in [0.1, 0.15) is 11.1 Å². The molecule has 0 atom stereocenters. The lowest BCUT2D eigenvalue weighted by atomic mass is 10.0. The largest absolute Gasteiger partial charge is 0.336 e. The molecule has 3 aromatic rings. The van der Waals surface area contributed by atoms with Crippen LogP contribution in [-0.2, 0) is 4.79 Å². The van der Waals surface area contributed by atoms with Gasteiger partial charge in [-0.05, 0) is 28.3 Å². The summed E-state index contributed by atoms with van der Waals surface area (Å²) in [7, 11) is 0. The van der Waals surface area contributed by atoms with Crippen molar-refractivity contribution in [1.82, 2.24) is 9.80 Å². The molecule has 0 unspecified atom stereocenters. The zero-order valence-electron chi connectivity index (χ0n) is 15.8. The van der Waals surface area contributed by atoms with Crippen molar-refractivity contribution in [2.75, 3.05) is 38.0 Å². The smallest absolute Gasteiger partial charge is 0.254 e. The molecule has 4 rings (SSSR count). The highest BCUT2D eigenvalue weighted by Crippen LogP contribution is 2.22. The molecule has 0 aliphatic carbocycles. The molecule has 7 heteroatoms. The van der Waals surface area contributed by atoms with Crippen molar-refractivity contribution in [2.45, 2.75) is 0 Å². The fourth-order valence-corrected chi connectivity index (χ4v) is 4.31. The van der Waals surface area contributed by atoms with Crippen LogP contribution in [0.2, 0.25) is 0 Å². The number of carbonyl (C=O) groups excluding carboxylic acids is 2. The summed E-state index contributed by atoms with van der Waals surface area (Å²) in [6.45, 7) is 2.69. The third kappa shape index (κ3) is 4.14. The zero-order valence-corrected chi connectivity index (χ0v) is 16.6. The van der Waals surface area contributed by atoms with Gasteiger partial charge in [-0.25, -0.2) is 0 Å². The second-order valence-electron chi connectivity index (χ2n) is 6.92. The average molecular weight is 404 g/mol. The highest BCUT2D eigenvalue weighted by atomic mass is 32.1. The van der Waals surface area contributed by atoms with Gasteiger partial charge in [-0.2, -0.15) is 5.26 Å². The lowest BCUT2D eigenvalue weighted by Crippen LogP contribution is -2.50. The number of piperazine rings is 1. The third-order valence-electron chi connectivity index (χ3n) is 5.09. The first-order valence-corrected chi connectivity index (χ1v) is 10.3. The van der Waals surface area contributed by atoms with E-state index in [4.69, 9.17) is 5.26 Å². The molecule has 1 aliphatic rings. The molecule has 1 fully saturated rings. The molecule has 2 heterocycles. The SMILES string of the molecule is N#Cc1ccsc1NC(=O)CN1CCN(C(=O)c2cccc3ccccc23)CC1. The quantitative estimate of drug-likeness (QED) is 0.725. The minimum Gasteiger partial charge on any atom is -0.336 e. The van der Waals surface area contributed by atoms with E-state index >= 15 is 0 Å². The molecule has 2 amide bonds.